The highest BCUT2D eigenvalue weighted by Gasteiger charge is 2.33. The molecule has 0 aliphatic carbocycles. The summed E-state index contributed by atoms with van der Waals surface area (Å²) in [6, 6.07) is 15.4. The van der Waals surface area contributed by atoms with Gasteiger partial charge in [-0.2, -0.15) is 0 Å². The van der Waals surface area contributed by atoms with Gasteiger partial charge < -0.3 is 14.5 Å². The van der Waals surface area contributed by atoms with Gasteiger partial charge in [0.05, 0.1) is 10.6 Å². The van der Waals surface area contributed by atoms with Crippen LogP contribution >= 0.6 is 0 Å². The molecular formula is C26H33N3O5S. The van der Waals surface area contributed by atoms with Gasteiger partial charge in [-0.1, -0.05) is 44.2 Å². The predicted octanol–water partition coefficient (Wildman–Crippen LogP) is 2.86. The van der Waals surface area contributed by atoms with Crippen LogP contribution in [0.5, 0.6) is 0 Å². The lowest BCUT2D eigenvalue weighted by atomic mass is 10.0. The summed E-state index contributed by atoms with van der Waals surface area (Å²) in [5.41, 5.74) is 1.53. The molecule has 2 heterocycles. The Labute approximate surface area is 207 Å². The second-order valence-corrected chi connectivity index (χ2v) is 11.1. The fourth-order valence-corrected chi connectivity index (χ4v) is 5.87. The van der Waals surface area contributed by atoms with E-state index in [1.165, 1.54) is 16.4 Å². The van der Waals surface area contributed by atoms with Crippen LogP contribution in [0.3, 0.4) is 0 Å². The van der Waals surface area contributed by atoms with E-state index in [0.29, 0.717) is 44.4 Å². The number of carbonyl (C=O) groups is 2. The van der Waals surface area contributed by atoms with E-state index in [0.717, 1.165) is 18.4 Å². The van der Waals surface area contributed by atoms with Crippen LogP contribution in [0.2, 0.25) is 0 Å². The number of hydrogen-bond donors (Lipinski definition) is 0. The minimum absolute atomic E-state index is 0.0203. The Morgan fingerprint density at radius 2 is 1.60 bits per heavy atom. The first-order valence-corrected chi connectivity index (χ1v) is 13.6. The maximum Gasteiger partial charge on any atom is 0.264 e. The molecule has 0 spiro atoms. The predicted molar refractivity (Wildman–Crippen MR) is 134 cm³/mol. The Hall–Kier alpha value is -2.91. The average Bonchev–Trinajstić information content (AvgIpc) is 3.42. The molecule has 1 atom stereocenters. The zero-order valence-electron chi connectivity index (χ0n) is 20.3. The minimum Gasteiger partial charge on any atom is -0.368 e. The number of nitrogens with zero attached hydrogens (tertiary/aromatic N) is 3. The van der Waals surface area contributed by atoms with Crippen LogP contribution in [0.4, 0.5) is 5.69 Å². The molecule has 188 valence electrons. The lowest BCUT2D eigenvalue weighted by molar-refractivity contribution is -0.145. The van der Waals surface area contributed by atoms with Crippen LogP contribution in [-0.2, 0) is 24.3 Å². The number of sulfonamides is 1. The minimum atomic E-state index is -3.95. The van der Waals surface area contributed by atoms with E-state index >= 15 is 0 Å². The Morgan fingerprint density at radius 3 is 2.17 bits per heavy atom. The average molecular weight is 500 g/mol. The number of ether oxygens (including phenoxy) is 1. The first-order chi connectivity index (χ1) is 16.8. The van der Waals surface area contributed by atoms with Crippen LogP contribution in [0, 0.1) is 0 Å². The number of rotatable bonds is 7. The molecule has 2 aliphatic heterocycles. The number of benzene rings is 2. The molecule has 35 heavy (non-hydrogen) atoms. The third-order valence-electron chi connectivity index (χ3n) is 6.61. The van der Waals surface area contributed by atoms with Crippen LogP contribution in [0.1, 0.15) is 38.2 Å². The summed E-state index contributed by atoms with van der Waals surface area (Å²) in [5, 5.41) is 0. The highest BCUT2D eigenvalue weighted by atomic mass is 32.2. The van der Waals surface area contributed by atoms with Crippen LogP contribution in [0.15, 0.2) is 59.5 Å². The quantitative estimate of drug-likeness (QED) is 0.585. The largest absolute Gasteiger partial charge is 0.368 e. The molecule has 0 radical (unpaired) electrons. The van der Waals surface area contributed by atoms with E-state index in [1.54, 1.807) is 40.1 Å². The van der Waals surface area contributed by atoms with Crippen molar-refractivity contribution in [2.24, 2.45) is 0 Å². The molecule has 2 amide bonds. The molecule has 2 aromatic carbocycles. The number of anilines is 1. The van der Waals surface area contributed by atoms with Gasteiger partial charge in [0.2, 0.25) is 5.91 Å². The van der Waals surface area contributed by atoms with Crippen molar-refractivity contribution in [3.63, 3.8) is 0 Å². The van der Waals surface area contributed by atoms with Gasteiger partial charge in [0.25, 0.3) is 15.9 Å². The fraction of sp³-hybridized carbons (Fsp3) is 0.462. The van der Waals surface area contributed by atoms with Crippen molar-refractivity contribution in [3.05, 3.63) is 60.2 Å². The molecular weight excluding hydrogens is 466 g/mol. The fourth-order valence-electron chi connectivity index (χ4n) is 4.44. The summed E-state index contributed by atoms with van der Waals surface area (Å²) < 4.78 is 33.8. The number of hydrogen-bond acceptors (Lipinski definition) is 5. The molecule has 0 bridgehead atoms. The summed E-state index contributed by atoms with van der Waals surface area (Å²) in [7, 11) is -3.95. The summed E-state index contributed by atoms with van der Waals surface area (Å²) in [6.07, 6.45) is 1.25. The van der Waals surface area contributed by atoms with Crippen molar-refractivity contribution in [3.8, 4) is 0 Å². The highest BCUT2D eigenvalue weighted by molar-refractivity contribution is 7.92. The van der Waals surface area contributed by atoms with Crippen molar-refractivity contribution >= 4 is 27.5 Å². The molecule has 2 fully saturated rings. The van der Waals surface area contributed by atoms with Crippen molar-refractivity contribution in [1.29, 1.82) is 0 Å². The van der Waals surface area contributed by atoms with E-state index in [9.17, 15) is 18.0 Å². The zero-order valence-corrected chi connectivity index (χ0v) is 21.1. The first-order valence-electron chi connectivity index (χ1n) is 12.1. The smallest absolute Gasteiger partial charge is 0.264 e. The Balaban J connectivity index is 1.50. The van der Waals surface area contributed by atoms with E-state index < -0.39 is 10.0 Å². The SMILES string of the molecule is CC(C)c1ccc(N(CC(=O)N2CCN(C(=O)C3CCCO3)CC2)S(=O)(=O)c2ccccc2)cc1. The Bertz CT molecular complexity index is 1120. The number of piperazine rings is 1. The maximum absolute atomic E-state index is 13.5. The van der Waals surface area contributed by atoms with Crippen LogP contribution in [-0.4, -0.2) is 75.5 Å². The van der Waals surface area contributed by atoms with Gasteiger partial charge in [-0.15, -0.1) is 0 Å². The normalized spacial score (nSPS) is 18.7. The van der Waals surface area contributed by atoms with E-state index in [4.69, 9.17) is 4.74 Å². The second kappa shape index (κ2) is 10.8. The summed E-state index contributed by atoms with van der Waals surface area (Å²) in [4.78, 5) is 29.4. The molecule has 4 rings (SSSR count). The Kier molecular flexibility index (Phi) is 7.76. The molecule has 0 aromatic heterocycles. The molecule has 9 heteroatoms. The molecule has 0 N–H and O–H groups in total. The van der Waals surface area contributed by atoms with E-state index in [1.807, 2.05) is 12.1 Å². The topological polar surface area (TPSA) is 87.2 Å². The lowest BCUT2D eigenvalue weighted by Crippen LogP contribution is -2.54. The highest BCUT2D eigenvalue weighted by Crippen LogP contribution is 2.26. The molecule has 8 nitrogen and oxygen atoms in total. The van der Waals surface area contributed by atoms with Gasteiger partial charge >= 0.3 is 0 Å². The monoisotopic (exact) mass is 499 g/mol. The van der Waals surface area contributed by atoms with E-state index in [-0.39, 0.29) is 29.4 Å². The zero-order chi connectivity index (χ0) is 25.0. The van der Waals surface area contributed by atoms with Crippen molar-refractivity contribution in [2.45, 2.75) is 43.6 Å². The first kappa shape index (κ1) is 25.2. The Morgan fingerprint density at radius 1 is 0.971 bits per heavy atom. The van der Waals surface area contributed by atoms with Crippen LogP contribution < -0.4 is 4.31 Å². The molecule has 2 aliphatic rings. The van der Waals surface area contributed by atoms with Crippen molar-refractivity contribution < 1.29 is 22.7 Å². The van der Waals surface area contributed by atoms with Crippen molar-refractivity contribution in [2.75, 3.05) is 43.6 Å². The molecule has 2 saturated heterocycles. The summed E-state index contributed by atoms with van der Waals surface area (Å²) in [5.74, 6) is -0.00622. The van der Waals surface area contributed by atoms with Gasteiger partial charge in [0, 0.05) is 32.8 Å². The van der Waals surface area contributed by atoms with Crippen molar-refractivity contribution in [1.82, 2.24) is 9.80 Å². The van der Waals surface area contributed by atoms with Gasteiger partial charge in [-0.25, -0.2) is 8.42 Å². The van der Waals surface area contributed by atoms with Crippen LogP contribution in [0.25, 0.3) is 0 Å². The molecule has 1 unspecified atom stereocenters. The van der Waals surface area contributed by atoms with Gasteiger partial charge in [0.15, 0.2) is 0 Å². The lowest BCUT2D eigenvalue weighted by Gasteiger charge is -2.36. The summed E-state index contributed by atoms with van der Waals surface area (Å²) in [6.45, 7) is 6.00. The number of carbonyl (C=O) groups excluding carboxylic acids is 2. The van der Waals surface area contributed by atoms with Gasteiger partial charge in [0.1, 0.15) is 12.6 Å². The van der Waals surface area contributed by atoms with Gasteiger partial charge in [-0.3, -0.25) is 13.9 Å². The third kappa shape index (κ3) is 5.67. The summed E-state index contributed by atoms with van der Waals surface area (Å²) >= 11 is 0. The molecule has 2 aromatic rings. The van der Waals surface area contributed by atoms with E-state index in [2.05, 4.69) is 13.8 Å². The maximum atomic E-state index is 13.5. The molecule has 0 saturated carbocycles. The van der Waals surface area contributed by atoms with Gasteiger partial charge in [-0.05, 0) is 48.6 Å². The third-order valence-corrected chi connectivity index (χ3v) is 8.40. The standard InChI is InChI=1S/C26H33N3O5S/c1-20(2)21-10-12-22(13-11-21)29(35(32,33)23-7-4-3-5-8-23)19-25(30)27-14-16-28(17-15-27)26(31)24-9-6-18-34-24/h3-5,7-8,10-13,20,24H,6,9,14-19H2,1-2H3. The number of amides is 2. The second-order valence-electron chi connectivity index (χ2n) is 9.28.